The number of fused-ring (bicyclic) bond motifs is 2. The molecule has 1 fully saturated rings. The van der Waals surface area contributed by atoms with Crippen molar-refractivity contribution in [1.29, 1.82) is 0 Å². The average Bonchev–Trinajstić information content (AvgIpc) is 3.44. The van der Waals surface area contributed by atoms with Crippen LogP contribution in [0.15, 0.2) is 72.8 Å². The Bertz CT molecular complexity index is 1370. The van der Waals surface area contributed by atoms with Crippen LogP contribution in [-0.4, -0.2) is 48.5 Å². The van der Waals surface area contributed by atoms with E-state index in [2.05, 4.69) is 58.1 Å². The SMILES string of the molecule is CCc1ccc2c(c1)[C@@H](NC[C@@H](O)[C@H](NCc1ccccc1)NC(=O)CN1CCc3ccccc31)CC1(CCCCC1)O2. The normalized spacial score (nSPS) is 20.1. The highest BCUT2D eigenvalue weighted by atomic mass is 16.5. The third-order valence-electron chi connectivity index (χ3n) is 9.49. The van der Waals surface area contributed by atoms with E-state index in [9.17, 15) is 9.90 Å². The smallest absolute Gasteiger partial charge is 0.240 e. The van der Waals surface area contributed by atoms with Crippen molar-refractivity contribution in [1.82, 2.24) is 16.0 Å². The quantitative estimate of drug-likeness (QED) is 0.238. The number of nitrogens with one attached hydrogen (secondary N) is 3. The molecule has 3 atom stereocenters. The minimum Gasteiger partial charge on any atom is -0.487 e. The molecule has 3 aromatic carbocycles. The number of carbonyl (C=O) groups excluding carboxylic acids is 1. The molecule has 228 valence electrons. The van der Waals surface area contributed by atoms with E-state index in [1.807, 2.05) is 42.5 Å². The Hall–Kier alpha value is -3.39. The van der Waals surface area contributed by atoms with E-state index in [0.717, 1.165) is 55.6 Å². The first kappa shape index (κ1) is 29.7. The van der Waals surface area contributed by atoms with Crippen LogP contribution in [0, 0.1) is 0 Å². The molecular formula is C36H46N4O3. The maximum absolute atomic E-state index is 13.3. The monoisotopic (exact) mass is 582 g/mol. The topological polar surface area (TPSA) is 85.9 Å². The second-order valence-corrected chi connectivity index (χ2v) is 12.5. The fourth-order valence-electron chi connectivity index (χ4n) is 7.08. The van der Waals surface area contributed by atoms with Crippen molar-refractivity contribution in [3.05, 3.63) is 95.1 Å². The van der Waals surface area contributed by atoms with E-state index in [1.54, 1.807) is 0 Å². The fourth-order valence-corrected chi connectivity index (χ4v) is 7.08. The number of para-hydroxylation sites is 1. The molecule has 3 aliphatic rings. The van der Waals surface area contributed by atoms with Crippen LogP contribution < -0.4 is 25.6 Å². The third kappa shape index (κ3) is 7.06. The number of aliphatic hydroxyl groups excluding tert-OH is 1. The van der Waals surface area contributed by atoms with Crippen LogP contribution in [0.25, 0.3) is 0 Å². The van der Waals surface area contributed by atoms with E-state index in [4.69, 9.17) is 4.74 Å². The highest BCUT2D eigenvalue weighted by molar-refractivity contribution is 5.82. The summed E-state index contributed by atoms with van der Waals surface area (Å²) < 4.78 is 6.70. The molecule has 1 aliphatic carbocycles. The molecule has 1 spiro atoms. The number of aryl methyl sites for hydroxylation is 1. The van der Waals surface area contributed by atoms with Gasteiger partial charge in [0.1, 0.15) is 17.5 Å². The molecule has 2 heterocycles. The van der Waals surface area contributed by atoms with Gasteiger partial charge in [0.15, 0.2) is 0 Å². The second-order valence-electron chi connectivity index (χ2n) is 12.5. The lowest BCUT2D eigenvalue weighted by atomic mass is 9.77. The lowest BCUT2D eigenvalue weighted by molar-refractivity contribution is -0.121. The maximum Gasteiger partial charge on any atom is 0.240 e. The van der Waals surface area contributed by atoms with Crippen LogP contribution in [0.5, 0.6) is 5.75 Å². The van der Waals surface area contributed by atoms with Gasteiger partial charge in [0.05, 0.1) is 12.6 Å². The van der Waals surface area contributed by atoms with Gasteiger partial charge >= 0.3 is 0 Å². The van der Waals surface area contributed by atoms with Gasteiger partial charge in [-0.25, -0.2) is 0 Å². The molecule has 0 radical (unpaired) electrons. The van der Waals surface area contributed by atoms with Gasteiger partial charge in [-0.05, 0) is 67.3 Å². The molecule has 0 aromatic heterocycles. The lowest BCUT2D eigenvalue weighted by Gasteiger charge is -2.45. The number of amides is 1. The molecule has 6 rings (SSSR count). The standard InChI is InChI=1S/C36H46N4O3/c1-2-26-15-16-33-29(21-26)30(22-36(43-33)18-9-4-10-19-36)37-24-32(41)35(38-23-27-11-5-3-6-12-27)39-34(42)25-40-20-17-28-13-7-8-14-31(28)40/h3,5-8,11-16,21,30,32,35,37-38,41H,2,4,9-10,17-20,22-25H2,1H3,(H,39,42)/t30-,32+,35+/m0/s1. The molecule has 0 saturated heterocycles. The number of hydrogen-bond donors (Lipinski definition) is 4. The Balaban J connectivity index is 1.15. The minimum absolute atomic E-state index is 0.0783. The Labute approximate surface area is 256 Å². The molecule has 1 saturated carbocycles. The van der Waals surface area contributed by atoms with Gasteiger partial charge in [-0.2, -0.15) is 0 Å². The summed E-state index contributed by atoms with van der Waals surface area (Å²) in [5, 5.41) is 21.8. The van der Waals surface area contributed by atoms with E-state index >= 15 is 0 Å². The summed E-state index contributed by atoms with van der Waals surface area (Å²) in [6.45, 7) is 4.14. The van der Waals surface area contributed by atoms with Crippen molar-refractivity contribution in [2.45, 2.75) is 88.7 Å². The highest BCUT2D eigenvalue weighted by Gasteiger charge is 2.42. The Morgan fingerprint density at radius 3 is 2.63 bits per heavy atom. The van der Waals surface area contributed by atoms with Gasteiger partial charge in [-0.3, -0.25) is 10.1 Å². The summed E-state index contributed by atoms with van der Waals surface area (Å²) in [7, 11) is 0. The second kappa shape index (κ2) is 13.5. The molecular weight excluding hydrogens is 536 g/mol. The summed E-state index contributed by atoms with van der Waals surface area (Å²) in [5.74, 6) is 0.863. The molecule has 7 heteroatoms. The number of nitrogens with zero attached hydrogens (tertiary/aromatic N) is 1. The molecule has 7 nitrogen and oxygen atoms in total. The van der Waals surface area contributed by atoms with Crippen LogP contribution >= 0.6 is 0 Å². The number of benzene rings is 3. The zero-order valence-electron chi connectivity index (χ0n) is 25.4. The molecule has 0 bridgehead atoms. The van der Waals surface area contributed by atoms with Crippen LogP contribution in [0.3, 0.4) is 0 Å². The Morgan fingerprint density at radius 2 is 1.81 bits per heavy atom. The number of anilines is 1. The number of aliphatic hydroxyl groups is 1. The van der Waals surface area contributed by atoms with E-state index < -0.39 is 12.3 Å². The van der Waals surface area contributed by atoms with Gasteiger partial charge in [0, 0.05) is 43.3 Å². The zero-order chi connectivity index (χ0) is 29.6. The summed E-state index contributed by atoms with van der Waals surface area (Å²) in [6, 6.07) is 25.0. The van der Waals surface area contributed by atoms with Gasteiger partial charge in [-0.15, -0.1) is 0 Å². The van der Waals surface area contributed by atoms with Crippen molar-refractivity contribution in [2.75, 3.05) is 24.5 Å². The minimum atomic E-state index is -0.832. The van der Waals surface area contributed by atoms with E-state index in [0.29, 0.717) is 13.1 Å². The lowest BCUT2D eigenvalue weighted by Crippen LogP contribution is -2.57. The van der Waals surface area contributed by atoms with Crippen molar-refractivity contribution < 1.29 is 14.6 Å². The predicted molar refractivity (Wildman–Crippen MR) is 171 cm³/mol. The number of hydrogen-bond acceptors (Lipinski definition) is 6. The Morgan fingerprint density at radius 1 is 1.02 bits per heavy atom. The average molecular weight is 583 g/mol. The summed E-state index contributed by atoms with van der Waals surface area (Å²) in [5.41, 5.74) is 5.81. The summed E-state index contributed by atoms with van der Waals surface area (Å²) in [4.78, 5) is 15.5. The maximum atomic E-state index is 13.3. The van der Waals surface area contributed by atoms with Crippen LogP contribution in [0.1, 0.15) is 73.7 Å². The summed E-state index contributed by atoms with van der Waals surface area (Å²) >= 11 is 0. The van der Waals surface area contributed by atoms with Gasteiger partial charge in [0.2, 0.25) is 5.91 Å². The van der Waals surface area contributed by atoms with E-state index in [1.165, 1.54) is 36.0 Å². The number of carbonyl (C=O) groups is 1. The molecule has 2 aliphatic heterocycles. The molecule has 4 N–H and O–H groups in total. The van der Waals surface area contributed by atoms with Crippen LogP contribution in [0.4, 0.5) is 5.69 Å². The molecule has 1 amide bonds. The largest absolute Gasteiger partial charge is 0.487 e. The fraction of sp³-hybridized carbons (Fsp3) is 0.472. The van der Waals surface area contributed by atoms with Crippen LogP contribution in [0.2, 0.25) is 0 Å². The van der Waals surface area contributed by atoms with Gasteiger partial charge in [-0.1, -0.05) is 74.0 Å². The van der Waals surface area contributed by atoms with Crippen molar-refractivity contribution in [3.63, 3.8) is 0 Å². The third-order valence-corrected chi connectivity index (χ3v) is 9.49. The first-order valence-electron chi connectivity index (χ1n) is 16.1. The first-order chi connectivity index (χ1) is 21.0. The first-order valence-corrected chi connectivity index (χ1v) is 16.1. The van der Waals surface area contributed by atoms with Gasteiger partial charge < -0.3 is 25.4 Å². The zero-order valence-corrected chi connectivity index (χ0v) is 25.4. The molecule has 3 aromatic rings. The Kier molecular flexibility index (Phi) is 9.31. The van der Waals surface area contributed by atoms with E-state index in [-0.39, 0.29) is 24.1 Å². The molecule has 43 heavy (non-hydrogen) atoms. The predicted octanol–water partition coefficient (Wildman–Crippen LogP) is 5.02. The molecule has 0 unspecified atom stereocenters. The van der Waals surface area contributed by atoms with Crippen molar-refractivity contribution in [2.24, 2.45) is 0 Å². The highest BCUT2D eigenvalue weighted by Crippen LogP contribution is 2.46. The number of rotatable bonds is 11. The van der Waals surface area contributed by atoms with Crippen molar-refractivity contribution >= 4 is 11.6 Å². The van der Waals surface area contributed by atoms with Crippen LogP contribution in [-0.2, 0) is 24.2 Å². The summed E-state index contributed by atoms with van der Waals surface area (Å²) in [6.07, 6.45) is 7.15. The number of ether oxygens (including phenoxy) is 1. The van der Waals surface area contributed by atoms with Crippen molar-refractivity contribution in [3.8, 4) is 5.75 Å². The van der Waals surface area contributed by atoms with Gasteiger partial charge in [0.25, 0.3) is 0 Å².